The second-order valence-corrected chi connectivity index (χ2v) is 4.71. The number of nitrogens with zero attached hydrogens (tertiary/aromatic N) is 1. The van der Waals surface area contributed by atoms with Gasteiger partial charge in [-0.05, 0) is 24.5 Å². The van der Waals surface area contributed by atoms with Gasteiger partial charge in [0.15, 0.2) is 5.78 Å². The zero-order chi connectivity index (χ0) is 13.0. The van der Waals surface area contributed by atoms with E-state index in [0.717, 1.165) is 31.2 Å². The van der Waals surface area contributed by atoms with Crippen molar-refractivity contribution in [1.29, 1.82) is 0 Å². The Morgan fingerprint density at radius 2 is 2.11 bits per heavy atom. The lowest BCUT2D eigenvalue weighted by molar-refractivity contribution is -0.144. The van der Waals surface area contributed by atoms with Gasteiger partial charge >= 0.3 is 5.97 Å². The third-order valence-corrected chi connectivity index (χ3v) is 3.74. The van der Waals surface area contributed by atoms with Gasteiger partial charge in [0.05, 0.1) is 12.5 Å². The molecule has 4 nitrogen and oxygen atoms in total. The number of aromatic nitrogens is 1. The number of pyridine rings is 1. The molecule has 1 aromatic rings. The molecule has 0 bridgehead atoms. The lowest BCUT2D eigenvalue weighted by Gasteiger charge is -2.27. The molecule has 1 saturated carbocycles. The van der Waals surface area contributed by atoms with Crippen molar-refractivity contribution in [1.82, 2.24) is 4.98 Å². The average Bonchev–Trinajstić information content (AvgIpc) is 2.90. The molecule has 4 heteroatoms. The summed E-state index contributed by atoms with van der Waals surface area (Å²) in [4.78, 5) is 27.8. The van der Waals surface area contributed by atoms with Gasteiger partial charge in [-0.25, -0.2) is 0 Å². The summed E-state index contributed by atoms with van der Waals surface area (Å²) >= 11 is 0. The minimum Gasteiger partial charge on any atom is -0.469 e. The van der Waals surface area contributed by atoms with E-state index in [0.29, 0.717) is 0 Å². The molecule has 0 spiro atoms. The van der Waals surface area contributed by atoms with Crippen LogP contribution in [0.3, 0.4) is 0 Å². The largest absolute Gasteiger partial charge is 0.469 e. The summed E-state index contributed by atoms with van der Waals surface area (Å²) < 4.78 is 4.59. The van der Waals surface area contributed by atoms with Crippen molar-refractivity contribution in [2.45, 2.75) is 37.5 Å². The fourth-order valence-electron chi connectivity index (χ4n) is 2.73. The minimum atomic E-state index is -0.525. The van der Waals surface area contributed by atoms with E-state index in [1.807, 2.05) is 12.1 Å². The van der Waals surface area contributed by atoms with Crippen LogP contribution in [0.5, 0.6) is 0 Å². The maximum absolute atomic E-state index is 12.4. The Balaban J connectivity index is 2.28. The van der Waals surface area contributed by atoms with Crippen molar-refractivity contribution in [3.05, 3.63) is 30.1 Å². The Morgan fingerprint density at radius 1 is 1.39 bits per heavy atom. The van der Waals surface area contributed by atoms with E-state index in [2.05, 4.69) is 9.72 Å². The molecule has 1 aromatic heterocycles. The molecule has 2 rings (SSSR count). The van der Waals surface area contributed by atoms with Crippen LogP contribution in [0.2, 0.25) is 0 Å². The molecule has 18 heavy (non-hydrogen) atoms. The Labute approximate surface area is 106 Å². The first-order valence-electron chi connectivity index (χ1n) is 6.20. The Morgan fingerprint density at radius 3 is 2.67 bits per heavy atom. The second kappa shape index (κ2) is 5.29. The van der Waals surface area contributed by atoms with E-state index in [1.54, 1.807) is 12.4 Å². The van der Waals surface area contributed by atoms with E-state index in [-0.39, 0.29) is 12.2 Å². The predicted octanol–water partition coefficient (Wildman–Crippen LogP) is 2.03. The van der Waals surface area contributed by atoms with E-state index >= 15 is 0 Å². The summed E-state index contributed by atoms with van der Waals surface area (Å²) in [5, 5.41) is 0. The maximum Gasteiger partial charge on any atom is 0.313 e. The second-order valence-electron chi connectivity index (χ2n) is 4.71. The van der Waals surface area contributed by atoms with Crippen molar-refractivity contribution >= 4 is 11.8 Å². The first-order chi connectivity index (χ1) is 8.69. The SMILES string of the molecule is COC(=O)CC(=O)C1(c2cccnc2)CCCC1. The molecule has 1 heterocycles. The molecule has 0 unspecified atom stereocenters. The van der Waals surface area contributed by atoms with Crippen LogP contribution < -0.4 is 0 Å². The fraction of sp³-hybridized carbons (Fsp3) is 0.500. The Bertz CT molecular complexity index is 436. The number of hydrogen-bond donors (Lipinski definition) is 0. The number of Topliss-reactive ketones (excluding diaryl/α,β-unsaturated/α-hetero) is 1. The normalized spacial score (nSPS) is 17.4. The number of hydrogen-bond acceptors (Lipinski definition) is 4. The first kappa shape index (κ1) is 12.7. The van der Waals surface area contributed by atoms with E-state index < -0.39 is 11.4 Å². The maximum atomic E-state index is 12.4. The van der Waals surface area contributed by atoms with Gasteiger partial charge in [-0.3, -0.25) is 14.6 Å². The van der Waals surface area contributed by atoms with Crippen LogP contribution in [0.15, 0.2) is 24.5 Å². The fourth-order valence-corrected chi connectivity index (χ4v) is 2.73. The van der Waals surface area contributed by atoms with Crippen molar-refractivity contribution in [2.24, 2.45) is 0 Å². The molecule has 1 fully saturated rings. The van der Waals surface area contributed by atoms with Crippen molar-refractivity contribution < 1.29 is 14.3 Å². The Kier molecular flexibility index (Phi) is 3.75. The molecule has 1 aliphatic rings. The summed E-state index contributed by atoms with van der Waals surface area (Å²) in [6.45, 7) is 0. The zero-order valence-electron chi connectivity index (χ0n) is 10.5. The summed E-state index contributed by atoms with van der Waals surface area (Å²) in [5.41, 5.74) is 0.402. The van der Waals surface area contributed by atoms with Gasteiger partial charge in [-0.1, -0.05) is 18.9 Å². The molecule has 0 amide bonds. The topological polar surface area (TPSA) is 56.3 Å². The molecule has 96 valence electrons. The highest BCUT2D eigenvalue weighted by molar-refractivity contribution is 6.01. The summed E-state index contributed by atoms with van der Waals surface area (Å²) in [7, 11) is 1.31. The lowest BCUT2D eigenvalue weighted by atomic mass is 9.75. The molecule has 0 N–H and O–H groups in total. The molecule has 0 aromatic carbocycles. The summed E-state index contributed by atoms with van der Waals surface area (Å²) in [6.07, 6.45) is 6.91. The van der Waals surface area contributed by atoms with Crippen LogP contribution in [0, 0.1) is 0 Å². The van der Waals surface area contributed by atoms with E-state index in [1.165, 1.54) is 7.11 Å². The average molecular weight is 247 g/mol. The third kappa shape index (κ3) is 2.28. The van der Waals surface area contributed by atoms with Gasteiger partial charge < -0.3 is 4.74 Å². The van der Waals surface area contributed by atoms with Gasteiger partial charge in [0.1, 0.15) is 6.42 Å². The number of carbonyl (C=O) groups excluding carboxylic acids is 2. The van der Waals surface area contributed by atoms with Gasteiger partial charge in [-0.2, -0.15) is 0 Å². The molecular formula is C14H17NO3. The number of esters is 1. The third-order valence-electron chi connectivity index (χ3n) is 3.74. The highest BCUT2D eigenvalue weighted by Gasteiger charge is 2.43. The highest BCUT2D eigenvalue weighted by atomic mass is 16.5. The number of rotatable bonds is 4. The monoisotopic (exact) mass is 247 g/mol. The standard InChI is InChI=1S/C14H17NO3/c1-18-13(17)9-12(16)14(6-2-3-7-14)11-5-4-8-15-10-11/h4-5,8,10H,2-3,6-7,9H2,1H3. The number of methoxy groups -OCH3 is 1. The number of carbonyl (C=O) groups is 2. The van der Waals surface area contributed by atoms with Crippen LogP contribution in [0.4, 0.5) is 0 Å². The quantitative estimate of drug-likeness (QED) is 0.603. The van der Waals surface area contributed by atoms with Gasteiger partial charge in [0.2, 0.25) is 0 Å². The Hall–Kier alpha value is -1.71. The van der Waals surface area contributed by atoms with Crippen LogP contribution >= 0.6 is 0 Å². The molecule has 0 saturated heterocycles. The highest BCUT2D eigenvalue weighted by Crippen LogP contribution is 2.42. The van der Waals surface area contributed by atoms with E-state index in [4.69, 9.17) is 0 Å². The van der Waals surface area contributed by atoms with Crippen molar-refractivity contribution in [3.63, 3.8) is 0 Å². The summed E-state index contributed by atoms with van der Waals surface area (Å²) in [5.74, 6) is -0.505. The smallest absolute Gasteiger partial charge is 0.313 e. The zero-order valence-corrected chi connectivity index (χ0v) is 10.5. The van der Waals surface area contributed by atoms with Crippen LogP contribution in [0.25, 0.3) is 0 Å². The number of ketones is 1. The van der Waals surface area contributed by atoms with Gasteiger partial charge in [-0.15, -0.1) is 0 Å². The predicted molar refractivity (Wildman–Crippen MR) is 66.0 cm³/mol. The minimum absolute atomic E-state index is 0.0418. The molecule has 1 aliphatic carbocycles. The van der Waals surface area contributed by atoms with Gasteiger partial charge in [0, 0.05) is 12.4 Å². The van der Waals surface area contributed by atoms with E-state index in [9.17, 15) is 9.59 Å². The molecule has 0 radical (unpaired) electrons. The summed E-state index contributed by atoms with van der Waals surface area (Å²) in [6, 6.07) is 3.76. The lowest BCUT2D eigenvalue weighted by Crippen LogP contribution is -2.34. The molecule has 0 aliphatic heterocycles. The van der Waals surface area contributed by atoms with Gasteiger partial charge in [0.25, 0.3) is 0 Å². The van der Waals surface area contributed by atoms with Crippen LogP contribution in [-0.4, -0.2) is 23.8 Å². The molecular weight excluding hydrogens is 230 g/mol. The van der Waals surface area contributed by atoms with Crippen LogP contribution in [-0.2, 0) is 19.7 Å². The van der Waals surface area contributed by atoms with Crippen molar-refractivity contribution in [3.8, 4) is 0 Å². The van der Waals surface area contributed by atoms with Crippen molar-refractivity contribution in [2.75, 3.05) is 7.11 Å². The molecule has 0 atom stereocenters. The van der Waals surface area contributed by atoms with Crippen LogP contribution in [0.1, 0.15) is 37.7 Å². The number of ether oxygens (including phenoxy) is 1. The first-order valence-corrected chi connectivity index (χ1v) is 6.20.